The van der Waals surface area contributed by atoms with Gasteiger partial charge in [0.15, 0.2) is 0 Å². The summed E-state index contributed by atoms with van der Waals surface area (Å²) < 4.78 is 6.52. The summed E-state index contributed by atoms with van der Waals surface area (Å²) in [5.41, 5.74) is 6.47. The highest BCUT2D eigenvalue weighted by atomic mass is 32.2. The summed E-state index contributed by atoms with van der Waals surface area (Å²) in [6, 6.07) is 11.3. The van der Waals surface area contributed by atoms with E-state index >= 15 is 0 Å². The first-order valence-electron chi connectivity index (χ1n) is 9.65. The molecule has 162 valence electrons. The van der Waals surface area contributed by atoms with E-state index in [1.54, 1.807) is 30.6 Å². The molecule has 0 atom stereocenters. The van der Waals surface area contributed by atoms with Crippen LogP contribution in [0.5, 0.6) is 5.75 Å². The van der Waals surface area contributed by atoms with Crippen molar-refractivity contribution in [3.63, 3.8) is 0 Å². The molecular formula is C22H24N4O3S2. The molecule has 0 saturated heterocycles. The van der Waals surface area contributed by atoms with Crippen LogP contribution >= 0.6 is 23.5 Å². The number of rotatable bonds is 6. The molecule has 0 aliphatic carbocycles. The van der Waals surface area contributed by atoms with Crippen LogP contribution < -0.4 is 15.5 Å². The molecule has 7 nitrogen and oxygen atoms in total. The standard InChI is InChI=1S/C22H24N4O3S2/c1-14-5-4-6-15(2)19(14)25-20(27)21(28)26-24-12-16-7-8-18(29-3)17(11-16)13-31-22-23-9-10-30-22/h4-8,11-12H,9-10,13H2,1-3H3,(H,25,27)(H,26,28)/b24-12+. The zero-order valence-electron chi connectivity index (χ0n) is 17.6. The third-order valence-electron chi connectivity index (χ3n) is 4.52. The molecule has 1 heterocycles. The van der Waals surface area contributed by atoms with Crippen molar-refractivity contribution < 1.29 is 14.3 Å². The lowest BCUT2D eigenvalue weighted by Gasteiger charge is -2.10. The number of hydrogen-bond acceptors (Lipinski definition) is 7. The summed E-state index contributed by atoms with van der Waals surface area (Å²) >= 11 is 3.44. The maximum atomic E-state index is 12.2. The summed E-state index contributed by atoms with van der Waals surface area (Å²) in [5.74, 6) is 0.935. The molecule has 0 radical (unpaired) electrons. The minimum atomic E-state index is -0.834. The molecule has 0 spiro atoms. The van der Waals surface area contributed by atoms with Crippen LogP contribution in [0.1, 0.15) is 22.3 Å². The van der Waals surface area contributed by atoms with Crippen molar-refractivity contribution in [3.05, 3.63) is 58.7 Å². The van der Waals surface area contributed by atoms with E-state index in [9.17, 15) is 9.59 Å². The Morgan fingerprint density at radius 3 is 2.68 bits per heavy atom. The second kappa shape index (κ2) is 11.0. The van der Waals surface area contributed by atoms with Gasteiger partial charge >= 0.3 is 11.8 Å². The van der Waals surface area contributed by atoms with Gasteiger partial charge in [-0.2, -0.15) is 5.10 Å². The number of carbonyl (C=O) groups is 2. The normalized spacial score (nSPS) is 13.2. The van der Waals surface area contributed by atoms with Crippen LogP contribution in [-0.2, 0) is 15.3 Å². The fraction of sp³-hybridized carbons (Fsp3) is 0.273. The summed E-state index contributed by atoms with van der Waals surface area (Å²) in [6.07, 6.45) is 1.50. The number of hydrogen-bond donors (Lipinski definition) is 2. The fourth-order valence-electron chi connectivity index (χ4n) is 2.93. The second-order valence-electron chi connectivity index (χ2n) is 6.78. The smallest absolute Gasteiger partial charge is 0.329 e. The van der Waals surface area contributed by atoms with Gasteiger partial charge in [0.05, 0.1) is 19.9 Å². The Labute approximate surface area is 190 Å². The van der Waals surface area contributed by atoms with Gasteiger partial charge in [-0.15, -0.1) is 0 Å². The molecule has 0 bridgehead atoms. The Bertz CT molecular complexity index is 1020. The van der Waals surface area contributed by atoms with Crippen LogP contribution in [0.4, 0.5) is 5.69 Å². The van der Waals surface area contributed by atoms with Crippen LogP contribution in [0.15, 0.2) is 46.5 Å². The van der Waals surface area contributed by atoms with Crippen molar-refractivity contribution in [3.8, 4) is 5.75 Å². The molecule has 3 rings (SSSR count). The van der Waals surface area contributed by atoms with Gasteiger partial charge in [-0.3, -0.25) is 14.6 Å². The largest absolute Gasteiger partial charge is 0.496 e. The zero-order valence-corrected chi connectivity index (χ0v) is 19.2. The Morgan fingerprint density at radius 1 is 1.23 bits per heavy atom. The molecule has 2 N–H and O–H groups in total. The highest BCUT2D eigenvalue weighted by Gasteiger charge is 2.15. The van der Waals surface area contributed by atoms with Gasteiger partial charge in [0.2, 0.25) is 0 Å². The average Bonchev–Trinajstić information content (AvgIpc) is 3.28. The number of hydrazone groups is 1. The molecule has 0 aromatic heterocycles. The van der Waals surface area contributed by atoms with E-state index in [0.29, 0.717) is 5.69 Å². The number of ether oxygens (including phenoxy) is 1. The number of anilines is 1. The number of aryl methyl sites for hydroxylation is 2. The fourth-order valence-corrected chi connectivity index (χ4v) is 4.92. The minimum Gasteiger partial charge on any atom is -0.496 e. The van der Waals surface area contributed by atoms with Crippen molar-refractivity contribution in [1.29, 1.82) is 0 Å². The van der Waals surface area contributed by atoms with Crippen molar-refractivity contribution >= 4 is 51.6 Å². The molecule has 2 aromatic rings. The van der Waals surface area contributed by atoms with Gasteiger partial charge in [-0.05, 0) is 48.7 Å². The van der Waals surface area contributed by atoms with E-state index in [2.05, 4.69) is 20.8 Å². The first-order chi connectivity index (χ1) is 15.0. The SMILES string of the molecule is COc1ccc(/C=N/NC(=O)C(=O)Nc2c(C)cccc2C)cc1CSC1=NCCS1. The topological polar surface area (TPSA) is 92.1 Å². The molecule has 0 saturated carbocycles. The molecule has 2 aromatic carbocycles. The van der Waals surface area contributed by atoms with Crippen molar-refractivity contribution in [2.45, 2.75) is 19.6 Å². The predicted molar refractivity (Wildman–Crippen MR) is 129 cm³/mol. The molecule has 0 unspecified atom stereocenters. The van der Waals surface area contributed by atoms with Crippen LogP contribution in [-0.4, -0.2) is 41.8 Å². The third-order valence-corrected chi connectivity index (χ3v) is 6.82. The van der Waals surface area contributed by atoms with Crippen LogP contribution in [0.2, 0.25) is 0 Å². The molecule has 1 aliphatic heterocycles. The van der Waals surface area contributed by atoms with E-state index in [-0.39, 0.29) is 0 Å². The molecule has 0 fully saturated rings. The van der Waals surface area contributed by atoms with E-state index in [1.807, 2.05) is 50.2 Å². The number of amides is 2. The summed E-state index contributed by atoms with van der Waals surface area (Å²) in [4.78, 5) is 28.7. The first-order valence-corrected chi connectivity index (χ1v) is 11.6. The van der Waals surface area contributed by atoms with E-state index in [0.717, 1.165) is 50.4 Å². The number of nitrogens with one attached hydrogen (secondary N) is 2. The first kappa shape index (κ1) is 22.9. The molecule has 9 heteroatoms. The van der Waals surface area contributed by atoms with E-state index < -0.39 is 11.8 Å². The lowest BCUT2D eigenvalue weighted by atomic mass is 10.1. The van der Waals surface area contributed by atoms with Gasteiger partial charge in [0.25, 0.3) is 0 Å². The second-order valence-corrected chi connectivity index (χ2v) is 9.08. The Kier molecular flexibility index (Phi) is 8.13. The van der Waals surface area contributed by atoms with Gasteiger partial charge in [-0.1, -0.05) is 41.7 Å². The Balaban J connectivity index is 1.59. The maximum absolute atomic E-state index is 12.2. The number of aliphatic imine (C=N–C) groups is 1. The van der Waals surface area contributed by atoms with E-state index in [1.165, 1.54) is 6.21 Å². The molecule has 2 amide bonds. The third kappa shape index (κ3) is 6.35. The molecule has 31 heavy (non-hydrogen) atoms. The maximum Gasteiger partial charge on any atom is 0.329 e. The lowest BCUT2D eigenvalue weighted by molar-refractivity contribution is -0.136. The van der Waals surface area contributed by atoms with Crippen LogP contribution in [0, 0.1) is 13.8 Å². The quantitative estimate of drug-likeness (QED) is 0.393. The summed E-state index contributed by atoms with van der Waals surface area (Å²) in [5, 5.41) is 6.56. The van der Waals surface area contributed by atoms with Crippen molar-refractivity contribution in [2.75, 3.05) is 24.7 Å². The summed E-state index contributed by atoms with van der Waals surface area (Å²) in [6.45, 7) is 4.61. The minimum absolute atomic E-state index is 0.633. The Hall–Kier alpha value is -2.78. The van der Waals surface area contributed by atoms with Crippen molar-refractivity contribution in [2.24, 2.45) is 10.1 Å². The van der Waals surface area contributed by atoms with E-state index in [4.69, 9.17) is 4.74 Å². The van der Waals surface area contributed by atoms with Crippen LogP contribution in [0.25, 0.3) is 0 Å². The number of nitrogens with zero attached hydrogens (tertiary/aromatic N) is 2. The van der Waals surface area contributed by atoms with Gasteiger partial charge in [0.1, 0.15) is 10.1 Å². The number of methoxy groups -OCH3 is 1. The number of thioether (sulfide) groups is 2. The van der Waals surface area contributed by atoms with Gasteiger partial charge < -0.3 is 10.1 Å². The average molecular weight is 457 g/mol. The van der Waals surface area contributed by atoms with Crippen LogP contribution in [0.3, 0.4) is 0 Å². The highest BCUT2D eigenvalue weighted by molar-refractivity contribution is 8.38. The van der Waals surface area contributed by atoms with Crippen molar-refractivity contribution in [1.82, 2.24) is 5.43 Å². The predicted octanol–water partition coefficient (Wildman–Crippen LogP) is 3.74. The monoisotopic (exact) mass is 456 g/mol. The lowest BCUT2D eigenvalue weighted by Crippen LogP contribution is -2.32. The molecular weight excluding hydrogens is 432 g/mol. The van der Waals surface area contributed by atoms with Gasteiger partial charge in [-0.25, -0.2) is 5.43 Å². The number of benzene rings is 2. The number of carbonyl (C=O) groups excluding carboxylic acids is 2. The number of para-hydroxylation sites is 1. The Morgan fingerprint density at radius 2 is 2.00 bits per heavy atom. The van der Waals surface area contributed by atoms with Gasteiger partial charge in [0, 0.05) is 22.8 Å². The summed E-state index contributed by atoms with van der Waals surface area (Å²) in [7, 11) is 1.63. The highest BCUT2D eigenvalue weighted by Crippen LogP contribution is 2.29. The zero-order chi connectivity index (χ0) is 22.2. The molecule has 1 aliphatic rings.